The van der Waals surface area contributed by atoms with Crippen LogP contribution in [0.15, 0.2) is 18.2 Å². The summed E-state index contributed by atoms with van der Waals surface area (Å²) in [6, 6.07) is 5.21. The van der Waals surface area contributed by atoms with Crippen molar-refractivity contribution < 1.29 is 4.79 Å². The third-order valence-electron chi connectivity index (χ3n) is 2.68. The van der Waals surface area contributed by atoms with Crippen LogP contribution in [0.4, 0.5) is 0 Å². The number of halogens is 2. The highest BCUT2D eigenvalue weighted by atomic mass is 35.5. The van der Waals surface area contributed by atoms with Crippen molar-refractivity contribution in [1.82, 2.24) is 5.32 Å². The molecule has 1 saturated carbocycles. The minimum absolute atomic E-state index is 0.164. The van der Waals surface area contributed by atoms with E-state index in [1.54, 1.807) is 18.2 Å². The van der Waals surface area contributed by atoms with Gasteiger partial charge in [0.1, 0.15) is 0 Å². The summed E-state index contributed by atoms with van der Waals surface area (Å²) in [6.07, 6.45) is 1.65. The highest BCUT2D eigenvalue weighted by Gasteiger charge is 2.27. The van der Waals surface area contributed by atoms with Gasteiger partial charge in [0, 0.05) is 17.1 Å². The number of nitrogens with two attached hydrogens (primary N) is 1. The summed E-state index contributed by atoms with van der Waals surface area (Å²) < 4.78 is 0. The first kappa shape index (κ1) is 11.7. The Bertz CT molecular complexity index is 416. The summed E-state index contributed by atoms with van der Waals surface area (Å²) in [6.45, 7) is 0. The molecule has 1 aromatic rings. The third-order valence-corrected chi connectivity index (χ3v) is 3.25. The van der Waals surface area contributed by atoms with E-state index in [1.165, 1.54) is 0 Å². The summed E-state index contributed by atoms with van der Waals surface area (Å²) in [7, 11) is 0. The van der Waals surface area contributed by atoms with E-state index in [1.807, 2.05) is 0 Å². The molecule has 1 amide bonds. The van der Waals surface area contributed by atoms with Gasteiger partial charge < -0.3 is 11.1 Å². The second kappa shape index (κ2) is 4.62. The zero-order valence-corrected chi connectivity index (χ0v) is 10.1. The average molecular weight is 259 g/mol. The Balaban J connectivity index is 2.05. The number of carbonyl (C=O) groups is 1. The molecule has 1 fully saturated rings. The molecule has 1 aliphatic carbocycles. The van der Waals surface area contributed by atoms with Gasteiger partial charge in [-0.3, -0.25) is 4.79 Å². The predicted octanol–water partition coefficient (Wildman–Crippen LogP) is 2.21. The van der Waals surface area contributed by atoms with E-state index in [2.05, 4.69) is 5.32 Å². The summed E-state index contributed by atoms with van der Waals surface area (Å²) >= 11 is 11.7. The Kier molecular flexibility index (Phi) is 3.38. The monoisotopic (exact) mass is 258 g/mol. The van der Waals surface area contributed by atoms with Gasteiger partial charge in [-0.1, -0.05) is 23.2 Å². The standard InChI is InChI=1S/C11H12Cl2N2O/c12-6-1-2-10(13)9(3-6)11(16)15-8-4-7(14)5-8/h1-3,7-8H,4-5,14H2,(H,15,16). The van der Waals surface area contributed by atoms with Crippen LogP contribution in [0.2, 0.25) is 10.0 Å². The molecule has 0 spiro atoms. The number of rotatable bonds is 2. The normalized spacial score (nSPS) is 23.7. The van der Waals surface area contributed by atoms with Crippen molar-refractivity contribution in [2.24, 2.45) is 5.73 Å². The molecule has 1 aromatic carbocycles. The molecule has 0 unspecified atom stereocenters. The summed E-state index contributed by atoms with van der Waals surface area (Å²) in [5, 5.41) is 3.78. The Morgan fingerprint density at radius 1 is 1.38 bits per heavy atom. The van der Waals surface area contributed by atoms with Gasteiger partial charge in [-0.2, -0.15) is 0 Å². The molecule has 86 valence electrons. The van der Waals surface area contributed by atoms with Crippen molar-refractivity contribution in [3.63, 3.8) is 0 Å². The molecule has 1 aliphatic rings. The van der Waals surface area contributed by atoms with Crippen LogP contribution in [0.1, 0.15) is 23.2 Å². The number of carbonyl (C=O) groups excluding carboxylic acids is 1. The number of hydrogen-bond donors (Lipinski definition) is 2. The van der Waals surface area contributed by atoms with E-state index in [0.717, 1.165) is 12.8 Å². The minimum Gasteiger partial charge on any atom is -0.349 e. The van der Waals surface area contributed by atoms with Crippen LogP contribution in [-0.2, 0) is 0 Å². The van der Waals surface area contributed by atoms with Crippen LogP contribution in [0.3, 0.4) is 0 Å². The van der Waals surface area contributed by atoms with Gasteiger partial charge in [-0.05, 0) is 31.0 Å². The van der Waals surface area contributed by atoms with Gasteiger partial charge in [-0.15, -0.1) is 0 Å². The van der Waals surface area contributed by atoms with E-state index >= 15 is 0 Å². The first-order chi connectivity index (χ1) is 7.56. The lowest BCUT2D eigenvalue weighted by Gasteiger charge is -2.33. The molecule has 2 rings (SSSR count). The fourth-order valence-electron chi connectivity index (χ4n) is 1.71. The lowest BCUT2D eigenvalue weighted by molar-refractivity contribution is 0.0910. The zero-order valence-electron chi connectivity index (χ0n) is 8.54. The maximum Gasteiger partial charge on any atom is 0.253 e. The lowest BCUT2D eigenvalue weighted by atomic mass is 9.87. The van der Waals surface area contributed by atoms with Crippen molar-refractivity contribution in [2.45, 2.75) is 24.9 Å². The first-order valence-corrected chi connectivity index (χ1v) is 5.83. The van der Waals surface area contributed by atoms with Crippen molar-refractivity contribution in [2.75, 3.05) is 0 Å². The molecular formula is C11H12Cl2N2O. The van der Waals surface area contributed by atoms with Crippen LogP contribution < -0.4 is 11.1 Å². The van der Waals surface area contributed by atoms with Gasteiger partial charge >= 0.3 is 0 Å². The lowest BCUT2D eigenvalue weighted by Crippen LogP contribution is -2.50. The number of benzene rings is 1. The molecule has 0 bridgehead atoms. The smallest absolute Gasteiger partial charge is 0.253 e. The molecule has 0 atom stereocenters. The van der Waals surface area contributed by atoms with Crippen molar-refractivity contribution in [1.29, 1.82) is 0 Å². The number of nitrogens with one attached hydrogen (secondary N) is 1. The fourth-order valence-corrected chi connectivity index (χ4v) is 2.09. The van der Waals surface area contributed by atoms with E-state index < -0.39 is 0 Å². The molecule has 3 nitrogen and oxygen atoms in total. The summed E-state index contributed by atoms with van der Waals surface area (Å²) in [5.74, 6) is -0.190. The topological polar surface area (TPSA) is 55.1 Å². The van der Waals surface area contributed by atoms with Crippen LogP contribution in [0.25, 0.3) is 0 Å². The van der Waals surface area contributed by atoms with Crippen molar-refractivity contribution in [3.8, 4) is 0 Å². The van der Waals surface area contributed by atoms with Crippen LogP contribution in [0, 0.1) is 0 Å². The van der Waals surface area contributed by atoms with E-state index in [4.69, 9.17) is 28.9 Å². The first-order valence-electron chi connectivity index (χ1n) is 5.08. The van der Waals surface area contributed by atoms with E-state index in [-0.39, 0.29) is 18.0 Å². The summed E-state index contributed by atoms with van der Waals surface area (Å²) in [4.78, 5) is 11.8. The fraction of sp³-hybridized carbons (Fsp3) is 0.364. The quantitative estimate of drug-likeness (QED) is 0.855. The maximum atomic E-state index is 11.8. The molecular weight excluding hydrogens is 247 g/mol. The highest BCUT2D eigenvalue weighted by Crippen LogP contribution is 2.22. The predicted molar refractivity (Wildman–Crippen MR) is 64.9 cm³/mol. The van der Waals surface area contributed by atoms with Gasteiger partial charge in [-0.25, -0.2) is 0 Å². The van der Waals surface area contributed by atoms with Crippen molar-refractivity contribution in [3.05, 3.63) is 33.8 Å². The Labute approximate surface area is 104 Å². The van der Waals surface area contributed by atoms with Gasteiger partial charge in [0.2, 0.25) is 0 Å². The SMILES string of the molecule is NC1CC(NC(=O)c2cc(Cl)ccc2Cl)C1. The second-order valence-electron chi connectivity index (χ2n) is 4.03. The Morgan fingerprint density at radius 2 is 2.06 bits per heavy atom. The largest absolute Gasteiger partial charge is 0.349 e. The van der Waals surface area contributed by atoms with Gasteiger partial charge in [0.15, 0.2) is 0 Å². The molecule has 0 aromatic heterocycles. The molecule has 0 saturated heterocycles. The third kappa shape index (κ3) is 2.48. The number of hydrogen-bond acceptors (Lipinski definition) is 2. The van der Waals surface area contributed by atoms with Crippen LogP contribution in [-0.4, -0.2) is 18.0 Å². The Morgan fingerprint density at radius 3 is 2.69 bits per heavy atom. The van der Waals surface area contributed by atoms with Gasteiger partial charge in [0.05, 0.1) is 10.6 Å². The summed E-state index contributed by atoms with van der Waals surface area (Å²) in [5.41, 5.74) is 6.05. The molecule has 0 aliphatic heterocycles. The van der Waals surface area contributed by atoms with Crippen molar-refractivity contribution >= 4 is 29.1 Å². The minimum atomic E-state index is -0.190. The zero-order chi connectivity index (χ0) is 11.7. The second-order valence-corrected chi connectivity index (χ2v) is 4.87. The molecule has 16 heavy (non-hydrogen) atoms. The van der Waals surface area contributed by atoms with Crippen LogP contribution >= 0.6 is 23.2 Å². The Hall–Kier alpha value is -0.770. The molecule has 0 heterocycles. The molecule has 0 radical (unpaired) electrons. The van der Waals surface area contributed by atoms with E-state index in [9.17, 15) is 4.79 Å². The van der Waals surface area contributed by atoms with Crippen LogP contribution in [0.5, 0.6) is 0 Å². The molecule has 3 N–H and O–H groups in total. The van der Waals surface area contributed by atoms with E-state index in [0.29, 0.717) is 15.6 Å². The maximum absolute atomic E-state index is 11.8. The molecule has 5 heteroatoms. The highest BCUT2D eigenvalue weighted by molar-refractivity contribution is 6.35. The van der Waals surface area contributed by atoms with Gasteiger partial charge in [0.25, 0.3) is 5.91 Å². The average Bonchev–Trinajstić information content (AvgIpc) is 2.19. The number of amides is 1.